The molecule has 0 bridgehead atoms. The number of hydrogen-bond donors (Lipinski definition) is 2. The smallest absolute Gasteiger partial charge is 0.225 e. The minimum absolute atomic E-state index is 0.0121. The van der Waals surface area contributed by atoms with Crippen LogP contribution in [0.3, 0.4) is 0 Å². The van der Waals surface area contributed by atoms with Crippen LogP contribution in [0, 0.1) is 0 Å². The number of morpholine rings is 1. The standard InChI is InChI=1S/C15H24N4O2/c1-2-3-15(20)18-14-5-4-13(12-17-14)16-6-7-19-8-10-21-11-9-19/h4-5,12,16H,2-3,6-11H2,1H3,(H,17,18,20). The second-order valence-electron chi connectivity index (χ2n) is 5.11. The minimum Gasteiger partial charge on any atom is -0.383 e. The second kappa shape index (κ2) is 8.59. The molecule has 1 saturated heterocycles. The number of aromatic nitrogens is 1. The molecular formula is C15H24N4O2. The number of nitrogens with one attached hydrogen (secondary N) is 2. The predicted molar refractivity (Wildman–Crippen MR) is 83.5 cm³/mol. The normalized spacial score (nSPS) is 15.7. The second-order valence-corrected chi connectivity index (χ2v) is 5.11. The first-order valence-corrected chi connectivity index (χ1v) is 7.58. The van der Waals surface area contributed by atoms with E-state index in [1.54, 1.807) is 6.20 Å². The molecule has 1 fully saturated rings. The molecule has 0 aromatic carbocycles. The molecule has 0 radical (unpaired) electrons. The number of rotatable bonds is 7. The van der Waals surface area contributed by atoms with Crippen LogP contribution < -0.4 is 10.6 Å². The summed E-state index contributed by atoms with van der Waals surface area (Å²) in [6, 6.07) is 3.76. The van der Waals surface area contributed by atoms with Gasteiger partial charge in [0.15, 0.2) is 0 Å². The highest BCUT2D eigenvalue weighted by Gasteiger charge is 2.09. The van der Waals surface area contributed by atoms with Gasteiger partial charge in [0.1, 0.15) is 5.82 Å². The third-order valence-electron chi connectivity index (χ3n) is 3.37. The van der Waals surface area contributed by atoms with Crippen molar-refractivity contribution < 1.29 is 9.53 Å². The maximum absolute atomic E-state index is 11.5. The van der Waals surface area contributed by atoms with Gasteiger partial charge < -0.3 is 15.4 Å². The lowest BCUT2D eigenvalue weighted by Crippen LogP contribution is -2.39. The molecule has 0 atom stereocenters. The molecule has 1 amide bonds. The molecule has 1 aromatic heterocycles. The molecule has 6 heteroatoms. The van der Waals surface area contributed by atoms with Crippen molar-refractivity contribution in [1.29, 1.82) is 0 Å². The Hall–Kier alpha value is -1.66. The number of anilines is 2. The van der Waals surface area contributed by atoms with Crippen LogP contribution in [-0.4, -0.2) is 55.2 Å². The summed E-state index contributed by atoms with van der Waals surface area (Å²) in [5, 5.41) is 6.12. The number of carbonyl (C=O) groups is 1. The van der Waals surface area contributed by atoms with E-state index in [0.29, 0.717) is 12.2 Å². The number of amides is 1. The van der Waals surface area contributed by atoms with Crippen molar-refractivity contribution in [2.24, 2.45) is 0 Å². The molecule has 116 valence electrons. The van der Waals surface area contributed by atoms with Gasteiger partial charge in [-0.05, 0) is 18.6 Å². The van der Waals surface area contributed by atoms with E-state index in [9.17, 15) is 4.79 Å². The Morgan fingerprint density at radius 1 is 1.38 bits per heavy atom. The molecule has 0 aliphatic carbocycles. The average Bonchev–Trinajstić information content (AvgIpc) is 2.50. The Morgan fingerprint density at radius 3 is 2.86 bits per heavy atom. The molecule has 2 rings (SSSR count). The Morgan fingerprint density at radius 2 is 2.19 bits per heavy atom. The van der Waals surface area contributed by atoms with Crippen molar-refractivity contribution in [2.45, 2.75) is 19.8 Å². The van der Waals surface area contributed by atoms with Gasteiger partial charge in [-0.15, -0.1) is 0 Å². The maximum Gasteiger partial charge on any atom is 0.225 e. The third kappa shape index (κ3) is 5.69. The summed E-state index contributed by atoms with van der Waals surface area (Å²) in [6.45, 7) is 7.52. The zero-order valence-corrected chi connectivity index (χ0v) is 12.6. The van der Waals surface area contributed by atoms with Crippen LogP contribution in [0.4, 0.5) is 11.5 Å². The number of nitrogens with zero attached hydrogens (tertiary/aromatic N) is 2. The van der Waals surface area contributed by atoms with Gasteiger partial charge in [-0.1, -0.05) is 6.92 Å². The summed E-state index contributed by atoms with van der Waals surface area (Å²) < 4.78 is 5.32. The molecule has 1 aliphatic heterocycles. The fourth-order valence-electron chi connectivity index (χ4n) is 2.19. The fraction of sp³-hybridized carbons (Fsp3) is 0.600. The van der Waals surface area contributed by atoms with E-state index in [0.717, 1.165) is 51.5 Å². The average molecular weight is 292 g/mol. The lowest BCUT2D eigenvalue weighted by Gasteiger charge is -2.26. The summed E-state index contributed by atoms with van der Waals surface area (Å²) in [4.78, 5) is 18.1. The number of hydrogen-bond acceptors (Lipinski definition) is 5. The molecule has 2 N–H and O–H groups in total. The summed E-state index contributed by atoms with van der Waals surface area (Å²) >= 11 is 0. The Balaban J connectivity index is 1.70. The van der Waals surface area contributed by atoms with Crippen LogP contribution in [0.1, 0.15) is 19.8 Å². The minimum atomic E-state index is 0.0121. The maximum atomic E-state index is 11.5. The third-order valence-corrected chi connectivity index (χ3v) is 3.37. The van der Waals surface area contributed by atoms with Crippen LogP contribution in [0.5, 0.6) is 0 Å². The predicted octanol–water partition coefficient (Wildman–Crippen LogP) is 1.56. The van der Waals surface area contributed by atoms with Gasteiger partial charge in [-0.3, -0.25) is 9.69 Å². The van der Waals surface area contributed by atoms with Crippen molar-refractivity contribution in [3.8, 4) is 0 Å². The van der Waals surface area contributed by atoms with Gasteiger partial charge in [-0.25, -0.2) is 4.98 Å². The van der Waals surface area contributed by atoms with E-state index >= 15 is 0 Å². The van der Waals surface area contributed by atoms with E-state index < -0.39 is 0 Å². The van der Waals surface area contributed by atoms with E-state index in [1.165, 1.54) is 0 Å². The molecule has 1 aliphatic rings. The summed E-state index contributed by atoms with van der Waals surface area (Å²) in [7, 11) is 0. The van der Waals surface area contributed by atoms with Gasteiger partial charge in [0, 0.05) is 32.6 Å². The molecule has 1 aromatic rings. The molecule has 21 heavy (non-hydrogen) atoms. The highest BCUT2D eigenvalue weighted by Crippen LogP contribution is 2.10. The number of pyridine rings is 1. The zero-order chi connectivity index (χ0) is 14.9. The molecule has 0 saturated carbocycles. The van der Waals surface area contributed by atoms with Gasteiger partial charge in [0.25, 0.3) is 0 Å². The van der Waals surface area contributed by atoms with Crippen LogP contribution in [0.15, 0.2) is 18.3 Å². The molecule has 6 nitrogen and oxygen atoms in total. The van der Waals surface area contributed by atoms with Gasteiger partial charge in [-0.2, -0.15) is 0 Å². The van der Waals surface area contributed by atoms with Crippen LogP contribution in [0.25, 0.3) is 0 Å². The Labute approximate surface area is 125 Å². The highest BCUT2D eigenvalue weighted by atomic mass is 16.5. The summed E-state index contributed by atoms with van der Waals surface area (Å²) in [6.07, 6.45) is 3.12. The van der Waals surface area contributed by atoms with Crippen molar-refractivity contribution in [3.63, 3.8) is 0 Å². The highest BCUT2D eigenvalue weighted by molar-refractivity contribution is 5.89. The van der Waals surface area contributed by atoms with Crippen LogP contribution in [0.2, 0.25) is 0 Å². The fourth-order valence-corrected chi connectivity index (χ4v) is 2.19. The Bertz CT molecular complexity index is 430. The van der Waals surface area contributed by atoms with Gasteiger partial charge >= 0.3 is 0 Å². The first-order chi connectivity index (χ1) is 10.3. The monoisotopic (exact) mass is 292 g/mol. The van der Waals surface area contributed by atoms with E-state index in [2.05, 4.69) is 20.5 Å². The first kappa shape index (κ1) is 15.7. The van der Waals surface area contributed by atoms with Crippen molar-refractivity contribution in [2.75, 3.05) is 50.0 Å². The van der Waals surface area contributed by atoms with Gasteiger partial charge in [0.2, 0.25) is 5.91 Å². The quantitative estimate of drug-likeness (QED) is 0.798. The van der Waals surface area contributed by atoms with Crippen molar-refractivity contribution >= 4 is 17.4 Å². The van der Waals surface area contributed by atoms with Crippen molar-refractivity contribution in [1.82, 2.24) is 9.88 Å². The van der Waals surface area contributed by atoms with E-state index in [-0.39, 0.29) is 5.91 Å². The SMILES string of the molecule is CCCC(=O)Nc1ccc(NCCN2CCOCC2)cn1. The molecule has 0 unspecified atom stereocenters. The lowest BCUT2D eigenvalue weighted by atomic mass is 10.3. The van der Waals surface area contributed by atoms with Crippen molar-refractivity contribution in [3.05, 3.63) is 18.3 Å². The molecular weight excluding hydrogens is 268 g/mol. The number of ether oxygens (including phenoxy) is 1. The molecule has 2 heterocycles. The summed E-state index contributed by atoms with van der Waals surface area (Å²) in [5.74, 6) is 0.616. The topological polar surface area (TPSA) is 66.5 Å². The number of carbonyl (C=O) groups excluding carboxylic acids is 1. The van der Waals surface area contributed by atoms with Gasteiger partial charge in [0.05, 0.1) is 25.1 Å². The largest absolute Gasteiger partial charge is 0.383 e. The summed E-state index contributed by atoms with van der Waals surface area (Å²) in [5.41, 5.74) is 0.969. The van der Waals surface area contributed by atoms with E-state index in [4.69, 9.17) is 4.74 Å². The van der Waals surface area contributed by atoms with E-state index in [1.807, 2.05) is 19.1 Å². The molecule has 0 spiro atoms. The van der Waals surface area contributed by atoms with Crippen LogP contribution >= 0.6 is 0 Å². The first-order valence-electron chi connectivity index (χ1n) is 7.58. The zero-order valence-electron chi connectivity index (χ0n) is 12.6. The lowest BCUT2D eigenvalue weighted by molar-refractivity contribution is -0.116. The Kier molecular flexibility index (Phi) is 6.43. The van der Waals surface area contributed by atoms with Crippen LogP contribution in [-0.2, 0) is 9.53 Å².